The number of ketones is 1. The van der Waals surface area contributed by atoms with Gasteiger partial charge in [0.1, 0.15) is 5.78 Å². The summed E-state index contributed by atoms with van der Waals surface area (Å²) in [4.78, 5) is 13.6. The summed E-state index contributed by atoms with van der Waals surface area (Å²) in [5.74, 6) is 1.23. The number of carbonyl (C=O) groups is 1. The molecule has 2 heteroatoms. The normalized spacial score (nSPS) is 18.3. The van der Waals surface area contributed by atoms with E-state index in [1.807, 2.05) is 13.8 Å². The molecule has 0 amide bonds. The number of carbonyl (C=O) groups excluding carboxylic acids is 1. The number of nitrogens with zero attached hydrogens (tertiary/aromatic N) is 1. The van der Waals surface area contributed by atoms with Crippen LogP contribution in [-0.2, 0) is 4.79 Å². The van der Waals surface area contributed by atoms with E-state index in [9.17, 15) is 4.79 Å². The highest BCUT2D eigenvalue weighted by atomic mass is 16.1. The minimum Gasteiger partial charge on any atom is -0.303 e. The van der Waals surface area contributed by atoms with E-state index in [0.717, 1.165) is 38.3 Å². The Morgan fingerprint density at radius 1 is 1.20 bits per heavy atom. The SMILES string of the molecule is CC.CC(C)CCN1CCCC(=O)CC1. The van der Waals surface area contributed by atoms with Crippen LogP contribution in [0.3, 0.4) is 0 Å². The Hall–Kier alpha value is -0.370. The number of likely N-dealkylation sites (tertiary alicyclic amines) is 1. The van der Waals surface area contributed by atoms with Crippen molar-refractivity contribution in [3.8, 4) is 0 Å². The summed E-state index contributed by atoms with van der Waals surface area (Å²) < 4.78 is 0. The molecule has 0 aromatic carbocycles. The van der Waals surface area contributed by atoms with E-state index in [1.54, 1.807) is 0 Å². The van der Waals surface area contributed by atoms with Crippen LogP contribution in [0, 0.1) is 5.92 Å². The van der Waals surface area contributed by atoms with Crippen LogP contribution in [0.1, 0.15) is 53.4 Å². The Morgan fingerprint density at radius 3 is 2.47 bits per heavy atom. The Bertz CT molecular complexity index is 166. The first-order valence-corrected chi connectivity index (χ1v) is 6.42. The van der Waals surface area contributed by atoms with E-state index in [1.165, 1.54) is 13.0 Å². The van der Waals surface area contributed by atoms with Crippen LogP contribution in [0.2, 0.25) is 0 Å². The largest absolute Gasteiger partial charge is 0.303 e. The zero-order valence-corrected chi connectivity index (χ0v) is 10.9. The zero-order chi connectivity index (χ0) is 11.7. The van der Waals surface area contributed by atoms with Crippen molar-refractivity contribution in [1.82, 2.24) is 4.90 Å². The van der Waals surface area contributed by atoms with Gasteiger partial charge in [-0.3, -0.25) is 4.79 Å². The predicted octanol–water partition coefficient (Wildman–Crippen LogP) is 3.11. The van der Waals surface area contributed by atoms with Crippen LogP contribution >= 0.6 is 0 Å². The maximum atomic E-state index is 11.1. The van der Waals surface area contributed by atoms with E-state index < -0.39 is 0 Å². The monoisotopic (exact) mass is 213 g/mol. The van der Waals surface area contributed by atoms with E-state index in [0.29, 0.717) is 5.78 Å². The van der Waals surface area contributed by atoms with Crippen LogP contribution in [0.5, 0.6) is 0 Å². The fraction of sp³-hybridized carbons (Fsp3) is 0.923. The smallest absolute Gasteiger partial charge is 0.134 e. The second-order valence-electron chi connectivity index (χ2n) is 4.42. The predicted molar refractivity (Wildman–Crippen MR) is 66.1 cm³/mol. The molecule has 0 saturated carbocycles. The summed E-state index contributed by atoms with van der Waals surface area (Å²) in [6, 6.07) is 0. The highest BCUT2D eigenvalue weighted by Crippen LogP contribution is 2.09. The molecule has 0 spiro atoms. The third kappa shape index (κ3) is 7.55. The highest BCUT2D eigenvalue weighted by Gasteiger charge is 2.13. The standard InChI is InChI=1S/C11H21NO.C2H6/c1-10(2)5-8-12-7-3-4-11(13)6-9-12;1-2/h10H,3-9H2,1-2H3;1-2H3. The third-order valence-corrected chi connectivity index (χ3v) is 2.66. The summed E-state index contributed by atoms with van der Waals surface area (Å²) in [6.07, 6.45) is 3.90. The minimum absolute atomic E-state index is 0.451. The molecule has 0 atom stereocenters. The van der Waals surface area contributed by atoms with Crippen molar-refractivity contribution >= 4 is 5.78 Å². The summed E-state index contributed by atoms with van der Waals surface area (Å²) in [5, 5.41) is 0. The molecule has 90 valence electrons. The second kappa shape index (κ2) is 8.90. The van der Waals surface area contributed by atoms with Crippen molar-refractivity contribution < 1.29 is 4.79 Å². The minimum atomic E-state index is 0.451. The molecule has 0 radical (unpaired) electrons. The van der Waals surface area contributed by atoms with Gasteiger partial charge in [-0.1, -0.05) is 27.7 Å². The Labute approximate surface area is 95.0 Å². The van der Waals surface area contributed by atoms with Crippen LogP contribution in [0.25, 0.3) is 0 Å². The molecule has 1 fully saturated rings. The fourth-order valence-electron chi connectivity index (χ4n) is 1.68. The Morgan fingerprint density at radius 2 is 1.87 bits per heavy atom. The van der Waals surface area contributed by atoms with Crippen molar-refractivity contribution in [2.75, 3.05) is 19.6 Å². The van der Waals surface area contributed by atoms with Crippen LogP contribution in [0.4, 0.5) is 0 Å². The number of rotatable bonds is 3. The molecule has 0 unspecified atom stereocenters. The summed E-state index contributed by atoms with van der Waals surface area (Å²) in [7, 11) is 0. The molecule has 15 heavy (non-hydrogen) atoms. The first-order chi connectivity index (χ1) is 7.18. The average Bonchev–Trinajstić information content (AvgIpc) is 2.43. The molecule has 0 bridgehead atoms. The molecule has 1 aliphatic heterocycles. The van der Waals surface area contributed by atoms with E-state index in [2.05, 4.69) is 18.7 Å². The van der Waals surface area contributed by atoms with Crippen LogP contribution in [-0.4, -0.2) is 30.3 Å². The van der Waals surface area contributed by atoms with Gasteiger partial charge < -0.3 is 4.90 Å². The lowest BCUT2D eigenvalue weighted by atomic mass is 10.1. The topological polar surface area (TPSA) is 20.3 Å². The molecule has 1 heterocycles. The van der Waals surface area contributed by atoms with Crippen molar-refractivity contribution in [3.05, 3.63) is 0 Å². The number of hydrogen-bond acceptors (Lipinski definition) is 2. The molecular weight excluding hydrogens is 186 g/mol. The summed E-state index contributed by atoms with van der Waals surface area (Å²) in [5.41, 5.74) is 0. The van der Waals surface area contributed by atoms with Crippen molar-refractivity contribution in [3.63, 3.8) is 0 Å². The summed E-state index contributed by atoms with van der Waals surface area (Å²) in [6.45, 7) is 11.8. The van der Waals surface area contributed by atoms with Gasteiger partial charge in [0.25, 0.3) is 0 Å². The lowest BCUT2D eigenvalue weighted by molar-refractivity contribution is -0.118. The van der Waals surface area contributed by atoms with Crippen molar-refractivity contribution in [2.45, 2.75) is 53.4 Å². The first-order valence-electron chi connectivity index (χ1n) is 6.42. The molecule has 1 aliphatic rings. The van der Waals surface area contributed by atoms with Crippen molar-refractivity contribution in [2.24, 2.45) is 5.92 Å². The third-order valence-electron chi connectivity index (χ3n) is 2.66. The van der Waals surface area contributed by atoms with E-state index in [-0.39, 0.29) is 0 Å². The number of Topliss-reactive ketones (excluding diaryl/α,β-unsaturated/α-hetero) is 1. The highest BCUT2D eigenvalue weighted by molar-refractivity contribution is 5.78. The quantitative estimate of drug-likeness (QED) is 0.718. The van der Waals surface area contributed by atoms with Gasteiger partial charge in [0.15, 0.2) is 0 Å². The first kappa shape index (κ1) is 14.6. The van der Waals surface area contributed by atoms with Gasteiger partial charge >= 0.3 is 0 Å². The van der Waals surface area contributed by atoms with Gasteiger partial charge in [-0.2, -0.15) is 0 Å². The molecule has 0 aromatic rings. The lowest BCUT2D eigenvalue weighted by Gasteiger charge is -2.20. The molecule has 1 rings (SSSR count). The molecule has 0 N–H and O–H groups in total. The zero-order valence-electron chi connectivity index (χ0n) is 10.9. The Balaban J connectivity index is 0.000000921. The van der Waals surface area contributed by atoms with Gasteiger partial charge in [-0.15, -0.1) is 0 Å². The van der Waals surface area contributed by atoms with Gasteiger partial charge in [0.05, 0.1) is 0 Å². The van der Waals surface area contributed by atoms with E-state index in [4.69, 9.17) is 0 Å². The van der Waals surface area contributed by atoms with Gasteiger partial charge in [0, 0.05) is 19.4 Å². The lowest BCUT2D eigenvalue weighted by Crippen LogP contribution is -2.26. The Kier molecular flexibility index (Phi) is 8.68. The average molecular weight is 213 g/mol. The molecule has 0 aliphatic carbocycles. The van der Waals surface area contributed by atoms with Crippen LogP contribution in [0.15, 0.2) is 0 Å². The second-order valence-corrected chi connectivity index (χ2v) is 4.42. The van der Waals surface area contributed by atoms with Gasteiger partial charge in [0.2, 0.25) is 0 Å². The molecule has 0 aromatic heterocycles. The molecule has 1 saturated heterocycles. The molecular formula is C13H27NO. The number of hydrogen-bond donors (Lipinski definition) is 0. The molecule has 2 nitrogen and oxygen atoms in total. The van der Waals surface area contributed by atoms with Crippen LogP contribution < -0.4 is 0 Å². The van der Waals surface area contributed by atoms with E-state index >= 15 is 0 Å². The van der Waals surface area contributed by atoms with Gasteiger partial charge in [-0.05, 0) is 31.8 Å². The maximum Gasteiger partial charge on any atom is 0.134 e. The maximum absolute atomic E-state index is 11.1. The summed E-state index contributed by atoms with van der Waals surface area (Å²) >= 11 is 0. The van der Waals surface area contributed by atoms with Gasteiger partial charge in [-0.25, -0.2) is 0 Å². The fourth-order valence-corrected chi connectivity index (χ4v) is 1.68. The van der Waals surface area contributed by atoms with Crippen molar-refractivity contribution in [1.29, 1.82) is 0 Å².